The predicted octanol–water partition coefficient (Wildman–Crippen LogP) is 7.15. The molecule has 240 valence electrons. The minimum atomic E-state index is -3.39. The van der Waals surface area contributed by atoms with Gasteiger partial charge in [-0.05, 0) is 64.6 Å². The fourth-order valence-corrected chi connectivity index (χ4v) is 7.22. The van der Waals surface area contributed by atoms with Crippen LogP contribution >= 0.6 is 0 Å². The highest BCUT2D eigenvalue weighted by Gasteiger charge is 2.48. The van der Waals surface area contributed by atoms with Crippen molar-refractivity contribution in [2.24, 2.45) is 5.92 Å². The summed E-state index contributed by atoms with van der Waals surface area (Å²) in [4.78, 5) is 24.6. The molecule has 8 bridgehead atoms. The van der Waals surface area contributed by atoms with Crippen molar-refractivity contribution in [1.82, 2.24) is 19.4 Å². The number of benzene rings is 1. The number of rotatable bonds is 2. The number of piperidine rings is 1. The van der Waals surface area contributed by atoms with Crippen LogP contribution in [0, 0.1) is 23.1 Å². The summed E-state index contributed by atoms with van der Waals surface area (Å²) < 4.78 is 63.5. The van der Waals surface area contributed by atoms with Gasteiger partial charge < -0.3 is 5.32 Å². The highest BCUT2D eigenvalue weighted by atomic mass is 19.3. The van der Waals surface area contributed by atoms with Gasteiger partial charge in [0.2, 0.25) is 0 Å². The van der Waals surface area contributed by atoms with Crippen molar-refractivity contribution >= 4 is 16.9 Å². The molecule has 1 N–H and O–H groups in total. The van der Waals surface area contributed by atoms with Gasteiger partial charge in [-0.2, -0.15) is 5.26 Å². The maximum absolute atomic E-state index is 16.0. The second-order valence-electron chi connectivity index (χ2n) is 13.0. The molecule has 1 saturated heterocycles. The Bertz CT molecular complexity index is 1640. The lowest BCUT2D eigenvalue weighted by Gasteiger charge is -2.39. The molecule has 1 aromatic carbocycles. The molecule has 0 spiro atoms. The molecule has 1 unspecified atom stereocenters. The molecule has 1 saturated carbocycles. The van der Waals surface area contributed by atoms with E-state index in [9.17, 15) is 14.4 Å². The first-order valence-electron chi connectivity index (χ1n) is 16.2. The maximum atomic E-state index is 16.0. The van der Waals surface area contributed by atoms with Crippen LogP contribution in [0.4, 0.5) is 23.4 Å². The second kappa shape index (κ2) is 12.7. The Hall–Kier alpha value is -3.52. The SMILES string of the molecule is C[C@H]1Nc2ncnc3c2cc(C2(C#N)CC2)c(=O)n3CCCCCCCC(CF)N2CCC(CC2)C(F)(F)c2cccc1c2F. The van der Waals surface area contributed by atoms with E-state index in [1.54, 1.807) is 17.6 Å². The summed E-state index contributed by atoms with van der Waals surface area (Å²) in [6.07, 6.45) is 7.74. The highest BCUT2D eigenvalue weighted by molar-refractivity contribution is 5.87. The Balaban J connectivity index is 1.41. The molecule has 7 nitrogen and oxygen atoms in total. The number of nitriles is 1. The minimum absolute atomic E-state index is 0.0697. The largest absolute Gasteiger partial charge is 0.363 e. The molecule has 2 atom stereocenters. The molecule has 5 heterocycles. The molecule has 0 amide bonds. The number of nitrogens with zero attached hydrogens (tertiary/aromatic N) is 5. The van der Waals surface area contributed by atoms with Gasteiger partial charge in [0, 0.05) is 29.6 Å². The van der Waals surface area contributed by atoms with E-state index in [1.807, 2.05) is 4.90 Å². The van der Waals surface area contributed by atoms with E-state index in [0.29, 0.717) is 61.3 Å². The predicted molar refractivity (Wildman–Crippen MR) is 164 cm³/mol. The van der Waals surface area contributed by atoms with Crippen LogP contribution in [0.2, 0.25) is 0 Å². The van der Waals surface area contributed by atoms with Gasteiger partial charge in [0.05, 0.1) is 28.5 Å². The fraction of sp³-hybridized carbons (Fsp3) is 0.588. The van der Waals surface area contributed by atoms with Crippen LogP contribution in [-0.4, -0.2) is 45.2 Å². The molecule has 45 heavy (non-hydrogen) atoms. The number of pyridine rings is 1. The van der Waals surface area contributed by atoms with Crippen molar-refractivity contribution in [3.8, 4) is 6.07 Å². The average Bonchev–Trinajstić information content (AvgIpc) is 3.84. The summed E-state index contributed by atoms with van der Waals surface area (Å²) in [5.41, 5.74) is -0.867. The van der Waals surface area contributed by atoms with E-state index >= 15 is 13.2 Å². The van der Waals surface area contributed by atoms with Crippen molar-refractivity contribution in [2.45, 2.75) is 101 Å². The average molecular weight is 625 g/mol. The van der Waals surface area contributed by atoms with Crippen LogP contribution in [0.15, 0.2) is 35.4 Å². The molecule has 3 aromatic rings. The quantitative estimate of drug-likeness (QED) is 0.305. The van der Waals surface area contributed by atoms with Gasteiger partial charge in [-0.25, -0.2) is 27.5 Å². The standard InChI is InChI=1S/C34H40F4N6O/c1-22-25-9-7-10-27(29(25)36)34(37,38)23-11-16-43(17-12-23)24(19-35)8-5-3-2-4-6-15-44-31-26(30(42-22)40-21-41-31)18-28(32(44)45)33(20-39)13-14-33/h7,9-10,18,21-24H,2-6,8,11-17,19H2,1H3,(H,40,41,42)/t22-,24?/m1/s1. The first-order chi connectivity index (χ1) is 21.7. The van der Waals surface area contributed by atoms with Gasteiger partial charge in [-0.15, -0.1) is 0 Å². The maximum Gasteiger partial charge on any atom is 0.278 e. The van der Waals surface area contributed by atoms with E-state index in [-0.39, 0.29) is 30.0 Å². The third-order valence-electron chi connectivity index (χ3n) is 10.2. The molecule has 0 radical (unpaired) electrons. The van der Waals surface area contributed by atoms with E-state index in [2.05, 4.69) is 21.4 Å². The number of aryl methyl sites for hydroxylation is 1. The van der Waals surface area contributed by atoms with Crippen LogP contribution in [0.3, 0.4) is 0 Å². The van der Waals surface area contributed by atoms with Crippen molar-refractivity contribution in [2.75, 3.05) is 25.1 Å². The number of alkyl halides is 3. The van der Waals surface area contributed by atoms with E-state index in [0.717, 1.165) is 38.2 Å². The van der Waals surface area contributed by atoms with Crippen LogP contribution in [0.25, 0.3) is 11.0 Å². The number of hydrogen-bond donors (Lipinski definition) is 1. The zero-order valence-electron chi connectivity index (χ0n) is 25.7. The highest BCUT2D eigenvalue weighted by Crippen LogP contribution is 2.47. The number of fused-ring (bicyclic) bond motifs is 10. The number of hydrogen-bond acceptors (Lipinski definition) is 6. The lowest BCUT2D eigenvalue weighted by Crippen LogP contribution is -2.45. The smallest absolute Gasteiger partial charge is 0.278 e. The fourth-order valence-electron chi connectivity index (χ4n) is 7.22. The van der Waals surface area contributed by atoms with Gasteiger partial charge in [0.15, 0.2) is 0 Å². The lowest BCUT2D eigenvalue weighted by atomic mass is 9.84. The molecule has 2 fully saturated rings. The van der Waals surface area contributed by atoms with Crippen molar-refractivity contribution in [3.05, 3.63) is 63.5 Å². The Morgan fingerprint density at radius 2 is 1.76 bits per heavy atom. The number of nitrogens with one attached hydrogen (secondary N) is 1. The van der Waals surface area contributed by atoms with Crippen molar-refractivity contribution in [1.29, 1.82) is 5.26 Å². The first-order valence-corrected chi connectivity index (χ1v) is 16.2. The summed E-state index contributed by atoms with van der Waals surface area (Å²) in [6, 6.07) is 7.03. The summed E-state index contributed by atoms with van der Waals surface area (Å²) in [7, 11) is 0. The number of halogens is 4. The number of anilines is 1. The van der Waals surface area contributed by atoms with E-state index < -0.39 is 41.4 Å². The molecule has 4 aliphatic rings. The Kier molecular flexibility index (Phi) is 8.88. The molecule has 1 aliphatic carbocycles. The molecule has 11 heteroatoms. The molecular weight excluding hydrogens is 584 g/mol. The Labute approximate surface area is 260 Å². The third-order valence-corrected chi connectivity index (χ3v) is 10.2. The van der Waals surface area contributed by atoms with Gasteiger partial charge in [-0.3, -0.25) is 14.3 Å². The van der Waals surface area contributed by atoms with Crippen LogP contribution in [-0.2, 0) is 17.9 Å². The summed E-state index contributed by atoms with van der Waals surface area (Å²) in [6.45, 7) is 2.28. The van der Waals surface area contributed by atoms with Gasteiger partial charge in [0.1, 0.15) is 30.3 Å². The van der Waals surface area contributed by atoms with Gasteiger partial charge >= 0.3 is 0 Å². The van der Waals surface area contributed by atoms with E-state index in [1.165, 1.54) is 18.5 Å². The van der Waals surface area contributed by atoms with Crippen molar-refractivity contribution in [3.63, 3.8) is 0 Å². The Morgan fingerprint density at radius 3 is 2.47 bits per heavy atom. The Morgan fingerprint density at radius 1 is 1.02 bits per heavy atom. The van der Waals surface area contributed by atoms with Gasteiger partial charge in [0.25, 0.3) is 11.5 Å². The van der Waals surface area contributed by atoms with Crippen LogP contribution in [0.1, 0.15) is 93.9 Å². The van der Waals surface area contributed by atoms with E-state index in [4.69, 9.17) is 0 Å². The summed E-state index contributed by atoms with van der Waals surface area (Å²) >= 11 is 0. The molecule has 7 rings (SSSR count). The number of aromatic nitrogens is 3. The first kappa shape index (κ1) is 31.5. The molecule has 2 aromatic heterocycles. The van der Waals surface area contributed by atoms with Crippen molar-refractivity contribution < 1.29 is 17.6 Å². The topological polar surface area (TPSA) is 86.8 Å². The minimum Gasteiger partial charge on any atom is -0.363 e. The summed E-state index contributed by atoms with van der Waals surface area (Å²) in [5, 5.41) is 13.7. The van der Waals surface area contributed by atoms with Crippen LogP contribution in [0.5, 0.6) is 0 Å². The van der Waals surface area contributed by atoms with Crippen LogP contribution < -0.4 is 10.9 Å². The molecular formula is C34H40F4N6O. The zero-order valence-corrected chi connectivity index (χ0v) is 25.7. The third kappa shape index (κ3) is 5.94. The lowest BCUT2D eigenvalue weighted by molar-refractivity contribution is -0.0917. The monoisotopic (exact) mass is 624 g/mol. The summed E-state index contributed by atoms with van der Waals surface area (Å²) in [5.74, 6) is -5.07. The van der Waals surface area contributed by atoms with Gasteiger partial charge in [-0.1, -0.05) is 43.9 Å². The second-order valence-corrected chi connectivity index (χ2v) is 13.0. The normalized spacial score (nSPS) is 26.8. The molecule has 3 aliphatic heterocycles. The zero-order chi connectivity index (χ0) is 31.8.